The number of aromatic hydroxyl groups is 1. The number of hydrogen-bond donors (Lipinski definition) is 3. The molecule has 1 aromatic carbocycles. The van der Waals surface area contributed by atoms with Gasteiger partial charge >= 0.3 is 5.69 Å². The Morgan fingerprint density at radius 1 is 1.29 bits per heavy atom. The number of nitrogens with zero attached hydrogens (tertiary/aromatic N) is 1. The SMILES string of the molecule is NS(=O)(=O)CCCNS(=O)(=O)c1ccc(O)c([N+](=O)[O-])c1. The summed E-state index contributed by atoms with van der Waals surface area (Å²) in [5, 5.41) is 24.6. The lowest BCUT2D eigenvalue weighted by molar-refractivity contribution is -0.386. The second kappa shape index (κ2) is 6.34. The number of hydrogen-bond acceptors (Lipinski definition) is 7. The van der Waals surface area contributed by atoms with Gasteiger partial charge in [-0.15, -0.1) is 0 Å². The molecule has 0 atom stereocenters. The van der Waals surface area contributed by atoms with Crippen LogP contribution in [-0.4, -0.2) is 39.2 Å². The van der Waals surface area contributed by atoms with Crippen LogP contribution in [0.2, 0.25) is 0 Å². The summed E-state index contributed by atoms with van der Waals surface area (Å²) in [5.74, 6) is -1.06. The minimum absolute atomic E-state index is 0.0434. The molecule has 118 valence electrons. The van der Waals surface area contributed by atoms with Crippen LogP contribution in [0.25, 0.3) is 0 Å². The Kier molecular flexibility index (Phi) is 5.22. The first kappa shape index (κ1) is 17.3. The van der Waals surface area contributed by atoms with Crippen LogP contribution in [0.3, 0.4) is 0 Å². The molecule has 0 fully saturated rings. The van der Waals surface area contributed by atoms with E-state index in [0.29, 0.717) is 6.07 Å². The molecule has 1 rings (SSSR count). The Hall–Kier alpha value is -1.76. The van der Waals surface area contributed by atoms with Crippen molar-refractivity contribution in [1.29, 1.82) is 0 Å². The van der Waals surface area contributed by atoms with Gasteiger partial charge in [-0.05, 0) is 18.6 Å². The van der Waals surface area contributed by atoms with Crippen molar-refractivity contribution < 1.29 is 26.9 Å². The molecule has 4 N–H and O–H groups in total. The summed E-state index contributed by atoms with van der Waals surface area (Å²) in [6.07, 6.45) is -0.0434. The maximum atomic E-state index is 11.8. The molecule has 1 aromatic rings. The van der Waals surface area contributed by atoms with Crippen molar-refractivity contribution in [3.8, 4) is 5.75 Å². The molecule has 0 spiro atoms. The molecule has 0 aliphatic carbocycles. The van der Waals surface area contributed by atoms with Gasteiger partial charge in [0.2, 0.25) is 20.0 Å². The number of phenols is 1. The van der Waals surface area contributed by atoms with Crippen LogP contribution >= 0.6 is 0 Å². The van der Waals surface area contributed by atoms with Crippen LogP contribution < -0.4 is 9.86 Å². The first-order valence-corrected chi connectivity index (χ1v) is 8.70. The first-order valence-electron chi connectivity index (χ1n) is 5.50. The summed E-state index contributed by atoms with van der Waals surface area (Å²) < 4.78 is 47.1. The van der Waals surface area contributed by atoms with Gasteiger partial charge in [-0.3, -0.25) is 10.1 Å². The summed E-state index contributed by atoms with van der Waals surface area (Å²) in [4.78, 5) is 9.29. The van der Waals surface area contributed by atoms with E-state index in [9.17, 15) is 32.1 Å². The van der Waals surface area contributed by atoms with Crippen molar-refractivity contribution in [3.63, 3.8) is 0 Å². The molecule has 0 saturated carbocycles. The second-order valence-corrected chi connectivity index (χ2v) is 7.53. The van der Waals surface area contributed by atoms with Crippen molar-refractivity contribution in [2.45, 2.75) is 11.3 Å². The maximum absolute atomic E-state index is 11.8. The number of benzene rings is 1. The fraction of sp³-hybridized carbons (Fsp3) is 0.333. The predicted molar refractivity (Wildman–Crippen MR) is 72.5 cm³/mol. The van der Waals surface area contributed by atoms with Gasteiger partial charge in [0.05, 0.1) is 15.6 Å². The average Bonchev–Trinajstić information content (AvgIpc) is 2.33. The van der Waals surface area contributed by atoms with Gasteiger partial charge in [-0.1, -0.05) is 0 Å². The monoisotopic (exact) mass is 339 g/mol. The van der Waals surface area contributed by atoms with E-state index in [4.69, 9.17) is 5.14 Å². The molecular formula is C9H13N3O7S2. The van der Waals surface area contributed by atoms with Crippen molar-refractivity contribution in [2.75, 3.05) is 12.3 Å². The number of rotatable bonds is 7. The molecule has 0 saturated heterocycles. The first-order chi connectivity index (χ1) is 9.53. The third-order valence-corrected chi connectivity index (χ3v) is 4.67. The topological polar surface area (TPSA) is 170 Å². The van der Waals surface area contributed by atoms with E-state index in [0.717, 1.165) is 12.1 Å². The lowest BCUT2D eigenvalue weighted by Gasteiger charge is -2.06. The summed E-state index contributed by atoms with van der Waals surface area (Å²) in [6.45, 7) is -0.201. The van der Waals surface area contributed by atoms with Gasteiger partial charge in [0, 0.05) is 12.6 Å². The third-order valence-electron chi connectivity index (χ3n) is 2.35. The number of nitro benzene ring substituents is 1. The van der Waals surface area contributed by atoms with Crippen LogP contribution in [0.1, 0.15) is 6.42 Å². The quantitative estimate of drug-likeness (QED) is 0.333. The number of nitro groups is 1. The highest BCUT2D eigenvalue weighted by atomic mass is 32.2. The number of phenolic OH excluding ortho intramolecular Hbond substituents is 1. The van der Waals surface area contributed by atoms with Gasteiger partial charge in [0.25, 0.3) is 0 Å². The molecule has 0 aromatic heterocycles. The molecule has 0 heterocycles. The van der Waals surface area contributed by atoms with E-state index >= 15 is 0 Å². The van der Waals surface area contributed by atoms with Crippen molar-refractivity contribution in [2.24, 2.45) is 5.14 Å². The minimum atomic E-state index is -4.05. The van der Waals surface area contributed by atoms with E-state index in [2.05, 4.69) is 4.72 Å². The molecule has 0 bridgehead atoms. The van der Waals surface area contributed by atoms with E-state index in [-0.39, 0.29) is 13.0 Å². The zero-order valence-corrected chi connectivity index (χ0v) is 12.2. The zero-order valence-electron chi connectivity index (χ0n) is 10.6. The van der Waals surface area contributed by atoms with Crippen molar-refractivity contribution in [1.82, 2.24) is 4.72 Å². The van der Waals surface area contributed by atoms with Crippen molar-refractivity contribution in [3.05, 3.63) is 28.3 Å². The molecule has 0 aliphatic heterocycles. The molecule has 0 radical (unpaired) electrons. The fourth-order valence-electron chi connectivity index (χ4n) is 1.38. The third kappa shape index (κ3) is 5.26. The van der Waals surface area contributed by atoms with Crippen molar-refractivity contribution >= 4 is 25.7 Å². The predicted octanol–water partition coefficient (Wildman–Crippen LogP) is -0.743. The Morgan fingerprint density at radius 2 is 1.90 bits per heavy atom. The maximum Gasteiger partial charge on any atom is 0.312 e. The van der Waals surface area contributed by atoms with Gasteiger partial charge in [0.1, 0.15) is 0 Å². The highest BCUT2D eigenvalue weighted by Crippen LogP contribution is 2.28. The number of primary sulfonamides is 1. The van der Waals surface area contributed by atoms with Crippen LogP contribution in [0.5, 0.6) is 5.75 Å². The Bertz CT molecular complexity index is 743. The van der Waals surface area contributed by atoms with E-state index in [1.807, 2.05) is 0 Å². The van der Waals surface area contributed by atoms with Crippen LogP contribution in [-0.2, 0) is 20.0 Å². The summed E-state index contributed by atoms with van der Waals surface area (Å²) in [6, 6.07) is 2.58. The minimum Gasteiger partial charge on any atom is -0.502 e. The molecular weight excluding hydrogens is 326 g/mol. The van der Waals surface area contributed by atoms with Crippen LogP contribution in [0, 0.1) is 10.1 Å². The second-order valence-electron chi connectivity index (χ2n) is 4.03. The molecule has 0 amide bonds. The average molecular weight is 339 g/mol. The summed E-state index contributed by atoms with van der Waals surface area (Å²) >= 11 is 0. The fourth-order valence-corrected chi connectivity index (χ4v) is 3.02. The smallest absolute Gasteiger partial charge is 0.312 e. The Morgan fingerprint density at radius 3 is 2.43 bits per heavy atom. The normalized spacial score (nSPS) is 12.2. The van der Waals surface area contributed by atoms with Crippen LogP contribution in [0.15, 0.2) is 23.1 Å². The molecule has 0 unspecified atom stereocenters. The Balaban J connectivity index is 2.84. The van der Waals surface area contributed by atoms with E-state index < -0.39 is 47.1 Å². The number of nitrogens with one attached hydrogen (secondary N) is 1. The highest BCUT2D eigenvalue weighted by Gasteiger charge is 2.20. The van der Waals surface area contributed by atoms with Gasteiger partial charge in [-0.2, -0.15) is 0 Å². The van der Waals surface area contributed by atoms with Gasteiger partial charge in [0.15, 0.2) is 5.75 Å². The largest absolute Gasteiger partial charge is 0.502 e. The lowest BCUT2D eigenvalue weighted by Crippen LogP contribution is -2.27. The number of nitrogens with two attached hydrogens (primary N) is 1. The Labute approximate surface area is 120 Å². The summed E-state index contributed by atoms with van der Waals surface area (Å²) in [5.41, 5.74) is -0.748. The van der Waals surface area contributed by atoms with Gasteiger partial charge in [-0.25, -0.2) is 26.7 Å². The molecule has 12 heteroatoms. The lowest BCUT2D eigenvalue weighted by atomic mass is 10.3. The molecule has 10 nitrogen and oxygen atoms in total. The summed E-state index contributed by atoms with van der Waals surface area (Å²) in [7, 11) is -7.74. The highest BCUT2D eigenvalue weighted by molar-refractivity contribution is 7.89. The molecule has 0 aliphatic rings. The van der Waals surface area contributed by atoms with E-state index in [1.165, 1.54) is 0 Å². The van der Waals surface area contributed by atoms with E-state index in [1.54, 1.807) is 0 Å². The number of sulfonamides is 2. The van der Waals surface area contributed by atoms with Gasteiger partial charge < -0.3 is 5.11 Å². The van der Waals surface area contributed by atoms with Crippen LogP contribution in [0.4, 0.5) is 5.69 Å². The standard InChI is InChI=1S/C9H13N3O7S2/c10-20(16,17)5-1-4-11-21(18,19)7-2-3-9(13)8(6-7)12(14)15/h2-3,6,11,13H,1,4-5H2,(H2,10,16,17). The molecule has 21 heavy (non-hydrogen) atoms. The zero-order chi connectivity index (χ0) is 16.3.